The summed E-state index contributed by atoms with van der Waals surface area (Å²) in [5.74, 6) is -2.18. The fourth-order valence-corrected chi connectivity index (χ4v) is 7.06. The maximum atomic E-state index is 13.0. The smallest absolute Gasteiger partial charge is 0.481 e. The lowest BCUT2D eigenvalue weighted by atomic mass is 9.73. The van der Waals surface area contributed by atoms with Crippen molar-refractivity contribution >= 4 is 31.1 Å². The molecule has 2 aliphatic carbocycles. The Hall–Kier alpha value is -3.32. The largest absolute Gasteiger partial charge is 0.496 e. The zero-order chi connectivity index (χ0) is 31.8. The first-order valence-corrected chi connectivity index (χ1v) is 14.5. The molecule has 0 spiro atoms. The quantitative estimate of drug-likeness (QED) is 0.233. The van der Waals surface area contributed by atoms with Crippen LogP contribution in [-0.2, 0) is 39.5 Å². The monoisotopic (exact) mass is 602 g/mol. The van der Waals surface area contributed by atoms with Crippen LogP contribution in [0.4, 0.5) is 4.79 Å². The topological polar surface area (TPSA) is 148 Å². The van der Waals surface area contributed by atoms with Crippen LogP contribution in [0, 0.1) is 21.7 Å². The molecule has 1 saturated heterocycles. The molecule has 4 atom stereocenters. The number of nitrogens with one attached hydrogen (secondary N) is 2. The van der Waals surface area contributed by atoms with Gasteiger partial charge < -0.3 is 38.9 Å². The molecule has 0 radical (unpaired) electrons. The minimum atomic E-state index is -0.807. The molecule has 4 rings (SSSR count). The maximum Gasteiger partial charge on any atom is 0.481 e. The zero-order valence-corrected chi connectivity index (χ0v) is 26.3. The van der Waals surface area contributed by atoms with Gasteiger partial charge in [0.2, 0.25) is 12.7 Å². The van der Waals surface area contributed by atoms with Crippen molar-refractivity contribution in [2.45, 2.75) is 72.9 Å². The van der Waals surface area contributed by atoms with Gasteiger partial charge in [-0.2, -0.15) is 0 Å². The highest BCUT2D eigenvalue weighted by Crippen LogP contribution is 2.99. The summed E-state index contributed by atoms with van der Waals surface area (Å²) >= 11 is 0. The molecule has 3 fully saturated rings. The minimum absolute atomic E-state index is 0.0842. The molecule has 2 saturated carbocycles. The van der Waals surface area contributed by atoms with E-state index in [-0.39, 0.29) is 46.6 Å². The zero-order valence-electron chi connectivity index (χ0n) is 26.3. The Balaban J connectivity index is 1.53. The number of methoxy groups -OCH3 is 2. The van der Waals surface area contributed by atoms with Crippen molar-refractivity contribution < 1.29 is 47.4 Å². The third-order valence-electron chi connectivity index (χ3n) is 9.61. The number of amides is 2. The molecule has 1 aliphatic heterocycles. The van der Waals surface area contributed by atoms with E-state index in [0.29, 0.717) is 12.2 Å². The summed E-state index contributed by atoms with van der Waals surface area (Å²) in [6.45, 7) is 11.3. The average Bonchev–Trinajstić information content (AvgIpc) is 3.76. The van der Waals surface area contributed by atoms with Crippen molar-refractivity contribution in [3.05, 3.63) is 29.3 Å². The summed E-state index contributed by atoms with van der Waals surface area (Å²) in [4.78, 5) is 49.5. The van der Waals surface area contributed by atoms with Gasteiger partial charge in [0.1, 0.15) is 11.3 Å². The predicted molar refractivity (Wildman–Crippen MR) is 155 cm³/mol. The number of benzene rings is 1. The first-order valence-electron chi connectivity index (χ1n) is 14.5. The standard InChI is InChI=1S/C30H43BN2O10/c1-18-30-16-29(30,28(30,5)6)12-13-42-31(43-18)21(33-22(34)15-32-26(37)39-8)14-19-10-9-11-20(23(19)38-7)24(35)40-17-41-25(36)27(2,3)4/h9-11,18,21H,12-17H2,1-8H3,(H,32,37)(H,33,34). The number of ether oxygens (including phenoxy) is 4. The lowest BCUT2D eigenvalue weighted by molar-refractivity contribution is -0.161. The van der Waals surface area contributed by atoms with Crippen LogP contribution in [0.25, 0.3) is 0 Å². The molecule has 1 heterocycles. The number of carbonyl (C=O) groups is 4. The van der Waals surface area contributed by atoms with Crippen molar-refractivity contribution in [3.8, 4) is 5.75 Å². The summed E-state index contributed by atoms with van der Waals surface area (Å²) in [6.07, 6.45) is 1.32. The Morgan fingerprint density at radius 3 is 2.49 bits per heavy atom. The van der Waals surface area contributed by atoms with Crippen LogP contribution in [-0.4, -0.2) is 77.3 Å². The molecule has 0 bridgehead atoms. The number of hydrogen-bond acceptors (Lipinski definition) is 10. The lowest BCUT2D eigenvalue weighted by Gasteiger charge is -2.30. The molecule has 2 N–H and O–H groups in total. The first-order chi connectivity index (χ1) is 20.1. The Morgan fingerprint density at radius 1 is 1.14 bits per heavy atom. The van der Waals surface area contributed by atoms with Crippen molar-refractivity contribution in [3.63, 3.8) is 0 Å². The molecule has 1 aromatic carbocycles. The number of para-hydroxylation sites is 1. The molecule has 3 aliphatic rings. The highest BCUT2D eigenvalue weighted by atomic mass is 16.7. The Morgan fingerprint density at radius 2 is 1.86 bits per heavy atom. The van der Waals surface area contributed by atoms with Gasteiger partial charge in [0.15, 0.2) is 0 Å². The van der Waals surface area contributed by atoms with Crippen molar-refractivity contribution in [2.75, 3.05) is 34.2 Å². The molecule has 43 heavy (non-hydrogen) atoms. The van der Waals surface area contributed by atoms with E-state index in [4.69, 9.17) is 23.5 Å². The van der Waals surface area contributed by atoms with Gasteiger partial charge in [-0.15, -0.1) is 0 Å². The number of hydrogen-bond donors (Lipinski definition) is 2. The van der Waals surface area contributed by atoms with Crippen LogP contribution in [0.15, 0.2) is 18.2 Å². The van der Waals surface area contributed by atoms with Crippen molar-refractivity contribution in [1.29, 1.82) is 0 Å². The molecular weight excluding hydrogens is 559 g/mol. The Labute approximate surface area is 252 Å². The highest BCUT2D eigenvalue weighted by molar-refractivity contribution is 6.47. The number of rotatable bonds is 10. The molecule has 12 nitrogen and oxygen atoms in total. The maximum absolute atomic E-state index is 13.0. The van der Waals surface area contributed by atoms with E-state index in [1.54, 1.807) is 32.9 Å². The molecular formula is C30H43BN2O10. The summed E-state index contributed by atoms with van der Waals surface area (Å²) in [5.41, 5.74) is 0.429. The summed E-state index contributed by atoms with van der Waals surface area (Å²) in [7, 11) is 1.83. The van der Waals surface area contributed by atoms with Gasteiger partial charge in [0.25, 0.3) is 0 Å². The predicted octanol–water partition coefficient (Wildman–Crippen LogP) is 3.05. The summed E-state index contributed by atoms with van der Waals surface area (Å²) < 4.78 is 33.2. The van der Waals surface area contributed by atoms with E-state index in [2.05, 4.69) is 36.1 Å². The highest BCUT2D eigenvalue weighted by Gasteiger charge is 2.96. The Bertz CT molecular complexity index is 1260. The summed E-state index contributed by atoms with van der Waals surface area (Å²) in [5, 5.41) is 5.31. The second-order valence-electron chi connectivity index (χ2n) is 13.1. The van der Waals surface area contributed by atoms with E-state index in [9.17, 15) is 19.2 Å². The second-order valence-corrected chi connectivity index (χ2v) is 13.1. The van der Waals surface area contributed by atoms with Crippen LogP contribution in [0.3, 0.4) is 0 Å². The van der Waals surface area contributed by atoms with Crippen molar-refractivity contribution in [2.24, 2.45) is 21.7 Å². The molecule has 1 aromatic rings. The molecule has 4 unspecified atom stereocenters. The number of carbonyl (C=O) groups excluding carboxylic acids is 4. The molecule has 2 amide bonds. The van der Waals surface area contributed by atoms with Crippen LogP contribution in [0.1, 0.15) is 70.3 Å². The van der Waals surface area contributed by atoms with Crippen LogP contribution in [0.5, 0.6) is 5.75 Å². The fourth-order valence-electron chi connectivity index (χ4n) is 7.06. The minimum Gasteiger partial charge on any atom is -0.496 e. The van der Waals surface area contributed by atoms with E-state index in [0.717, 1.165) is 12.8 Å². The van der Waals surface area contributed by atoms with Gasteiger partial charge in [-0.05, 0) is 69.4 Å². The van der Waals surface area contributed by atoms with E-state index < -0.39 is 49.2 Å². The Kier molecular flexibility index (Phi) is 9.09. The van der Waals surface area contributed by atoms with E-state index in [1.807, 2.05) is 0 Å². The SMILES string of the molecule is COC(=O)NCC(=O)NC(Cc1cccc(C(=O)OCOC(=O)C(C)(C)C)c1OC)B1OCCC23CC2(C(C)O1)C3(C)C. The number of alkyl carbamates (subject to hydrolysis) is 1. The third kappa shape index (κ3) is 5.93. The third-order valence-corrected chi connectivity index (χ3v) is 9.61. The average molecular weight is 602 g/mol. The summed E-state index contributed by atoms with van der Waals surface area (Å²) in [6, 6.07) is 4.97. The van der Waals surface area contributed by atoms with Gasteiger partial charge in [0, 0.05) is 18.1 Å². The van der Waals surface area contributed by atoms with Gasteiger partial charge in [-0.1, -0.05) is 26.0 Å². The number of esters is 2. The van der Waals surface area contributed by atoms with E-state index in [1.165, 1.54) is 20.3 Å². The van der Waals surface area contributed by atoms with Gasteiger partial charge in [-0.3, -0.25) is 9.59 Å². The van der Waals surface area contributed by atoms with Gasteiger partial charge in [-0.25, -0.2) is 9.59 Å². The fraction of sp³-hybridized carbons (Fsp3) is 0.667. The normalized spacial score (nSPS) is 25.9. The van der Waals surface area contributed by atoms with Crippen LogP contribution >= 0.6 is 0 Å². The lowest BCUT2D eigenvalue weighted by Crippen LogP contribution is -2.54. The molecule has 0 aromatic heterocycles. The van der Waals surface area contributed by atoms with Crippen LogP contribution in [0.2, 0.25) is 0 Å². The van der Waals surface area contributed by atoms with Gasteiger partial charge in [0.05, 0.1) is 32.1 Å². The van der Waals surface area contributed by atoms with Crippen molar-refractivity contribution in [1.82, 2.24) is 10.6 Å². The second kappa shape index (κ2) is 12.0. The van der Waals surface area contributed by atoms with E-state index >= 15 is 0 Å². The van der Waals surface area contributed by atoms with Gasteiger partial charge >= 0.3 is 25.2 Å². The molecule has 13 heteroatoms. The molecule has 236 valence electrons. The first kappa shape index (κ1) is 32.6. The van der Waals surface area contributed by atoms with Crippen LogP contribution < -0.4 is 15.4 Å².